The predicted octanol–water partition coefficient (Wildman–Crippen LogP) is 6.03. The van der Waals surface area contributed by atoms with Crippen molar-refractivity contribution in [3.8, 4) is 0 Å². The third-order valence-electron chi connectivity index (χ3n) is 7.45. The number of hydrogen-bond acceptors (Lipinski definition) is 6. The molecule has 210 valence electrons. The van der Waals surface area contributed by atoms with Crippen LogP contribution < -0.4 is 10.9 Å². The number of rotatable bonds is 11. The molecule has 8 heteroatoms. The Balaban J connectivity index is 1.34. The van der Waals surface area contributed by atoms with E-state index < -0.39 is 0 Å². The van der Waals surface area contributed by atoms with Crippen LogP contribution in [0.4, 0.5) is 0 Å². The molecule has 3 heterocycles. The molecule has 0 spiro atoms. The molecule has 0 saturated heterocycles. The molecule has 40 heavy (non-hydrogen) atoms. The van der Waals surface area contributed by atoms with Crippen molar-refractivity contribution in [2.75, 3.05) is 5.75 Å². The minimum atomic E-state index is -0.0480. The summed E-state index contributed by atoms with van der Waals surface area (Å²) in [5, 5.41) is 4.44. The molecule has 4 aromatic rings. The Hall–Kier alpha value is -2.94. The molecule has 2 atom stereocenters. The fraction of sp³-hybridized carbons (Fsp3) is 0.406. The van der Waals surface area contributed by atoms with Gasteiger partial charge in [0.05, 0.1) is 23.8 Å². The van der Waals surface area contributed by atoms with Crippen LogP contribution in [0.5, 0.6) is 0 Å². The summed E-state index contributed by atoms with van der Waals surface area (Å²) >= 11 is 2.89. The van der Waals surface area contributed by atoms with Crippen LogP contribution in [0.25, 0.3) is 10.2 Å². The Kier molecular flexibility index (Phi) is 9.40. The van der Waals surface area contributed by atoms with Gasteiger partial charge in [-0.2, -0.15) is 0 Å². The maximum absolute atomic E-state index is 14.0. The molecule has 0 fully saturated rings. The second-order valence-corrected chi connectivity index (χ2v) is 12.9. The van der Waals surface area contributed by atoms with Crippen LogP contribution in [0.3, 0.4) is 0 Å². The Morgan fingerprint density at radius 2 is 1.75 bits per heavy atom. The molecule has 0 radical (unpaired) electrons. The number of fused-ring (bicyclic) bond motifs is 3. The molecule has 1 aliphatic rings. The highest BCUT2D eigenvalue weighted by Crippen LogP contribution is 2.36. The average Bonchev–Trinajstić information content (AvgIpc) is 3.33. The number of ether oxygens (including phenoxy) is 1. The first-order chi connectivity index (χ1) is 19.4. The van der Waals surface area contributed by atoms with Crippen LogP contribution in [0, 0.1) is 5.92 Å². The van der Waals surface area contributed by atoms with Gasteiger partial charge in [0.15, 0.2) is 5.16 Å². The molecule has 0 aliphatic carbocycles. The number of nitrogens with one attached hydrogen (secondary N) is 1. The largest absolute Gasteiger partial charge is 0.372 e. The summed E-state index contributed by atoms with van der Waals surface area (Å²) in [7, 11) is 0. The number of amides is 1. The zero-order chi connectivity index (χ0) is 28.1. The van der Waals surface area contributed by atoms with Gasteiger partial charge in [-0.1, -0.05) is 86.3 Å². The number of thioether (sulfide) groups is 1. The number of aryl methyl sites for hydroxylation is 2. The molecule has 1 aliphatic heterocycles. The standard InChI is InChI=1S/C32H37N3O3S2/c1-21(2)26-18-25-27(19-38-26)40-30-29(25)31(37)35(17-16-24-12-8-5-9-13-24)32(34-30)39-20-28(36)33-22(3)14-15-23-10-6-4-7-11-23/h4-13,21-22,26H,14-20H2,1-3H3,(H,33,36)/t22-,26+/m0/s1. The summed E-state index contributed by atoms with van der Waals surface area (Å²) in [6.07, 6.45) is 3.33. The molecule has 2 aromatic carbocycles. The topological polar surface area (TPSA) is 73.2 Å². The third kappa shape index (κ3) is 6.85. The Bertz CT molecular complexity index is 1500. The summed E-state index contributed by atoms with van der Waals surface area (Å²) in [5.41, 5.74) is 3.51. The Morgan fingerprint density at radius 3 is 2.42 bits per heavy atom. The van der Waals surface area contributed by atoms with Crippen molar-refractivity contribution in [3.63, 3.8) is 0 Å². The SMILES string of the molecule is CC(C)[C@H]1Cc2c(sc3nc(SCC(=O)N[C@@H](C)CCc4ccccc4)n(CCc4ccccc4)c(=O)c23)CO1. The van der Waals surface area contributed by atoms with Crippen molar-refractivity contribution < 1.29 is 9.53 Å². The van der Waals surface area contributed by atoms with Crippen LogP contribution in [-0.2, 0) is 41.9 Å². The summed E-state index contributed by atoms with van der Waals surface area (Å²) in [6.45, 7) is 7.38. The van der Waals surface area contributed by atoms with Crippen molar-refractivity contribution >= 4 is 39.2 Å². The first-order valence-electron chi connectivity index (χ1n) is 14.1. The van der Waals surface area contributed by atoms with Gasteiger partial charge in [0.1, 0.15) is 4.83 Å². The molecule has 0 unspecified atom stereocenters. The maximum atomic E-state index is 14.0. The summed E-state index contributed by atoms with van der Waals surface area (Å²) in [5.74, 6) is 0.538. The van der Waals surface area contributed by atoms with Gasteiger partial charge in [-0.05, 0) is 48.8 Å². The smallest absolute Gasteiger partial charge is 0.263 e. The van der Waals surface area contributed by atoms with E-state index in [0.29, 0.717) is 30.6 Å². The van der Waals surface area contributed by atoms with Gasteiger partial charge in [-0.25, -0.2) is 4.98 Å². The van der Waals surface area contributed by atoms with E-state index in [1.807, 2.05) is 43.3 Å². The number of hydrogen-bond donors (Lipinski definition) is 1. The van der Waals surface area contributed by atoms with Crippen LogP contribution in [0.15, 0.2) is 70.6 Å². The van der Waals surface area contributed by atoms with Crippen LogP contribution in [0.1, 0.15) is 48.8 Å². The third-order valence-corrected chi connectivity index (χ3v) is 9.53. The number of nitrogens with zero attached hydrogens (tertiary/aromatic N) is 2. The van der Waals surface area contributed by atoms with E-state index >= 15 is 0 Å². The number of carbonyl (C=O) groups excluding carboxylic acids is 1. The van der Waals surface area contributed by atoms with Gasteiger partial charge in [0, 0.05) is 23.9 Å². The monoisotopic (exact) mass is 575 g/mol. The molecule has 6 nitrogen and oxygen atoms in total. The van der Waals surface area contributed by atoms with Gasteiger partial charge in [0.25, 0.3) is 5.56 Å². The van der Waals surface area contributed by atoms with Gasteiger partial charge in [0.2, 0.25) is 5.91 Å². The van der Waals surface area contributed by atoms with Crippen molar-refractivity contribution in [1.29, 1.82) is 0 Å². The highest BCUT2D eigenvalue weighted by molar-refractivity contribution is 7.99. The fourth-order valence-corrected chi connectivity index (χ4v) is 7.11. The highest BCUT2D eigenvalue weighted by Gasteiger charge is 2.28. The lowest BCUT2D eigenvalue weighted by Crippen LogP contribution is -2.34. The molecule has 1 amide bonds. The van der Waals surface area contributed by atoms with Crippen LogP contribution in [-0.4, -0.2) is 33.4 Å². The van der Waals surface area contributed by atoms with E-state index in [9.17, 15) is 9.59 Å². The predicted molar refractivity (Wildman–Crippen MR) is 164 cm³/mol. The minimum Gasteiger partial charge on any atom is -0.372 e. The lowest BCUT2D eigenvalue weighted by Gasteiger charge is -2.26. The fourth-order valence-electron chi connectivity index (χ4n) is 5.11. The first kappa shape index (κ1) is 28.6. The molecule has 0 bridgehead atoms. The molecular formula is C32H37N3O3S2. The van der Waals surface area contributed by atoms with Crippen molar-refractivity contribution in [2.24, 2.45) is 5.92 Å². The molecule has 5 rings (SSSR count). The van der Waals surface area contributed by atoms with Gasteiger partial charge >= 0.3 is 0 Å². The number of carbonyl (C=O) groups is 1. The van der Waals surface area contributed by atoms with Gasteiger partial charge in [-0.15, -0.1) is 11.3 Å². The number of aromatic nitrogens is 2. The molecular weight excluding hydrogens is 539 g/mol. The molecule has 1 N–H and O–H groups in total. The molecule has 0 saturated carbocycles. The highest BCUT2D eigenvalue weighted by atomic mass is 32.2. The number of benzene rings is 2. The van der Waals surface area contributed by atoms with Gasteiger partial charge in [-0.3, -0.25) is 14.2 Å². The summed E-state index contributed by atoms with van der Waals surface area (Å²) in [6, 6.07) is 20.5. The van der Waals surface area contributed by atoms with E-state index in [0.717, 1.165) is 45.5 Å². The minimum absolute atomic E-state index is 0.0121. The normalized spacial score (nSPS) is 15.8. The zero-order valence-electron chi connectivity index (χ0n) is 23.4. The Morgan fingerprint density at radius 1 is 1.07 bits per heavy atom. The number of thiophene rings is 1. The maximum Gasteiger partial charge on any atom is 0.263 e. The second-order valence-electron chi connectivity index (χ2n) is 10.8. The second kappa shape index (κ2) is 13.1. The van der Waals surface area contributed by atoms with E-state index in [2.05, 4.69) is 43.4 Å². The molecule has 2 aromatic heterocycles. The van der Waals surface area contributed by atoms with Crippen molar-refractivity contribution in [1.82, 2.24) is 14.9 Å². The average molecular weight is 576 g/mol. The Labute approximate surface area is 244 Å². The van der Waals surface area contributed by atoms with Crippen LogP contribution in [0.2, 0.25) is 0 Å². The summed E-state index contributed by atoms with van der Waals surface area (Å²) in [4.78, 5) is 33.7. The first-order valence-corrected chi connectivity index (χ1v) is 15.9. The van der Waals surface area contributed by atoms with E-state index in [-0.39, 0.29) is 29.4 Å². The van der Waals surface area contributed by atoms with E-state index in [1.165, 1.54) is 17.3 Å². The zero-order valence-corrected chi connectivity index (χ0v) is 25.0. The lowest BCUT2D eigenvalue weighted by molar-refractivity contribution is -0.119. The van der Waals surface area contributed by atoms with Crippen LogP contribution >= 0.6 is 23.1 Å². The quantitative estimate of drug-likeness (QED) is 0.175. The lowest BCUT2D eigenvalue weighted by atomic mass is 9.96. The van der Waals surface area contributed by atoms with E-state index in [4.69, 9.17) is 9.72 Å². The summed E-state index contributed by atoms with van der Waals surface area (Å²) < 4.78 is 7.86. The van der Waals surface area contributed by atoms with Crippen molar-refractivity contribution in [3.05, 3.63) is 92.6 Å². The van der Waals surface area contributed by atoms with Crippen molar-refractivity contribution in [2.45, 2.75) is 76.9 Å². The van der Waals surface area contributed by atoms with Gasteiger partial charge < -0.3 is 10.1 Å². The van der Waals surface area contributed by atoms with E-state index in [1.54, 1.807) is 15.9 Å².